The van der Waals surface area contributed by atoms with Crippen LogP contribution in [0.1, 0.15) is 64.9 Å². The van der Waals surface area contributed by atoms with Crippen molar-refractivity contribution in [3.05, 3.63) is 35.9 Å². The van der Waals surface area contributed by atoms with Gasteiger partial charge >= 0.3 is 179 Å². The first-order valence-corrected chi connectivity index (χ1v) is 19.9. The van der Waals surface area contributed by atoms with E-state index in [1.807, 2.05) is 0 Å². The molecule has 0 saturated carbocycles. The summed E-state index contributed by atoms with van der Waals surface area (Å²) in [4.78, 5) is 5.93. The molecule has 1 aromatic carbocycles. The molecule has 3 nitrogen and oxygen atoms in total. The van der Waals surface area contributed by atoms with Gasteiger partial charge in [-0.05, 0) is 0 Å². The van der Waals surface area contributed by atoms with Gasteiger partial charge in [-0.25, -0.2) is 0 Å². The first-order valence-electron chi connectivity index (χ1n) is 11.8. The van der Waals surface area contributed by atoms with Crippen LogP contribution in [-0.4, -0.2) is 37.5 Å². The molecule has 0 amide bonds. The molecule has 1 aromatic rings. The van der Waals surface area contributed by atoms with Crippen molar-refractivity contribution in [3.63, 3.8) is 0 Å². The van der Waals surface area contributed by atoms with E-state index in [4.69, 9.17) is 4.84 Å². The number of unbranched alkanes of at least 4 members (excludes halogenated alkanes) is 3. The van der Waals surface area contributed by atoms with Gasteiger partial charge in [0.2, 0.25) is 0 Å². The summed E-state index contributed by atoms with van der Waals surface area (Å²) in [6.07, 6.45) is 8.48. The van der Waals surface area contributed by atoms with Gasteiger partial charge in [-0.15, -0.1) is 0 Å². The molecule has 4 heteroatoms. The SMILES string of the molecule is CCC[CH2][Sn]([CH2]CCC)([CH2]CCC)[CH2]C1CNCC1NOCc1ccccc1. The predicted octanol–water partition coefficient (Wildman–Crippen LogP) is 6.14. The Hall–Kier alpha value is -0.101. The average molecular weight is 495 g/mol. The van der Waals surface area contributed by atoms with Gasteiger partial charge in [0.15, 0.2) is 0 Å². The van der Waals surface area contributed by atoms with Crippen LogP contribution in [-0.2, 0) is 11.4 Å². The molecular formula is C24H44N2OSn. The van der Waals surface area contributed by atoms with E-state index in [0.717, 1.165) is 12.5 Å². The zero-order valence-electron chi connectivity index (χ0n) is 18.6. The molecule has 1 aliphatic rings. The molecule has 2 N–H and O–H groups in total. The normalized spacial score (nSPS) is 20.0. The van der Waals surface area contributed by atoms with Crippen LogP contribution >= 0.6 is 0 Å². The second kappa shape index (κ2) is 14.0. The first kappa shape index (κ1) is 24.2. The van der Waals surface area contributed by atoms with Gasteiger partial charge in [0.1, 0.15) is 0 Å². The van der Waals surface area contributed by atoms with Crippen molar-refractivity contribution >= 4 is 18.4 Å². The third-order valence-corrected chi connectivity index (χ3v) is 22.6. The van der Waals surface area contributed by atoms with E-state index in [2.05, 4.69) is 61.9 Å². The molecule has 2 atom stereocenters. The van der Waals surface area contributed by atoms with E-state index in [-0.39, 0.29) is 0 Å². The molecule has 160 valence electrons. The van der Waals surface area contributed by atoms with E-state index in [0.29, 0.717) is 12.6 Å². The van der Waals surface area contributed by atoms with Crippen LogP contribution in [0.5, 0.6) is 0 Å². The quantitative estimate of drug-likeness (QED) is 0.227. The summed E-state index contributed by atoms with van der Waals surface area (Å²) in [5.74, 6) is 0.761. The molecule has 1 saturated heterocycles. The van der Waals surface area contributed by atoms with Crippen LogP contribution in [0.25, 0.3) is 0 Å². The third-order valence-electron chi connectivity index (χ3n) is 6.53. The third kappa shape index (κ3) is 8.33. The van der Waals surface area contributed by atoms with Crippen LogP contribution in [0.4, 0.5) is 0 Å². The molecule has 2 rings (SSSR count). The number of rotatable bonds is 15. The molecule has 0 aliphatic carbocycles. The van der Waals surface area contributed by atoms with Crippen molar-refractivity contribution < 1.29 is 4.84 Å². The summed E-state index contributed by atoms with van der Waals surface area (Å²) in [6, 6.07) is 11.0. The van der Waals surface area contributed by atoms with Gasteiger partial charge in [0.05, 0.1) is 0 Å². The van der Waals surface area contributed by atoms with E-state index in [1.54, 1.807) is 17.7 Å². The first-order chi connectivity index (χ1) is 13.7. The van der Waals surface area contributed by atoms with Crippen LogP contribution in [0.15, 0.2) is 30.3 Å². The molecule has 0 radical (unpaired) electrons. The number of hydroxylamine groups is 1. The van der Waals surface area contributed by atoms with Crippen LogP contribution < -0.4 is 10.8 Å². The maximum absolute atomic E-state index is 5.93. The van der Waals surface area contributed by atoms with E-state index < -0.39 is 18.4 Å². The van der Waals surface area contributed by atoms with E-state index in [9.17, 15) is 0 Å². The molecule has 1 heterocycles. The van der Waals surface area contributed by atoms with Gasteiger partial charge in [-0.3, -0.25) is 0 Å². The van der Waals surface area contributed by atoms with Crippen LogP contribution in [0, 0.1) is 5.92 Å². The Bertz CT molecular complexity index is 489. The molecular weight excluding hydrogens is 451 g/mol. The molecule has 2 unspecified atom stereocenters. The molecule has 1 fully saturated rings. The van der Waals surface area contributed by atoms with Crippen LogP contribution in [0.3, 0.4) is 0 Å². The monoisotopic (exact) mass is 496 g/mol. The zero-order chi connectivity index (χ0) is 20.1. The fourth-order valence-corrected chi connectivity index (χ4v) is 22.5. The number of benzene rings is 1. The minimum absolute atomic E-state index is 0.477. The van der Waals surface area contributed by atoms with Crippen molar-refractivity contribution in [3.8, 4) is 0 Å². The average Bonchev–Trinajstić information content (AvgIpc) is 3.16. The summed E-state index contributed by atoms with van der Waals surface area (Å²) in [5, 5.41) is 3.65. The number of hydrogen-bond acceptors (Lipinski definition) is 3. The van der Waals surface area contributed by atoms with Crippen molar-refractivity contribution in [1.82, 2.24) is 10.8 Å². The maximum atomic E-state index is 5.93. The zero-order valence-corrected chi connectivity index (χ0v) is 21.5. The molecule has 0 spiro atoms. The van der Waals surface area contributed by atoms with Gasteiger partial charge in [-0.1, -0.05) is 0 Å². The topological polar surface area (TPSA) is 33.3 Å². The Balaban J connectivity index is 1.94. The summed E-state index contributed by atoms with van der Waals surface area (Å²) in [7, 11) is 0. The van der Waals surface area contributed by atoms with Gasteiger partial charge < -0.3 is 0 Å². The van der Waals surface area contributed by atoms with Gasteiger partial charge in [0.25, 0.3) is 0 Å². The van der Waals surface area contributed by atoms with E-state index in [1.165, 1.54) is 50.6 Å². The number of nitrogens with one attached hydrogen (secondary N) is 2. The number of hydrogen-bond donors (Lipinski definition) is 2. The Morgan fingerprint density at radius 2 is 1.54 bits per heavy atom. The van der Waals surface area contributed by atoms with Crippen LogP contribution in [0.2, 0.25) is 17.7 Å². The van der Waals surface area contributed by atoms with Gasteiger partial charge in [-0.2, -0.15) is 0 Å². The van der Waals surface area contributed by atoms with Gasteiger partial charge in [0, 0.05) is 0 Å². The summed E-state index contributed by atoms with van der Waals surface area (Å²) in [6.45, 7) is 9.99. The molecule has 0 aromatic heterocycles. The Morgan fingerprint density at radius 1 is 0.929 bits per heavy atom. The van der Waals surface area contributed by atoms with Crippen molar-refractivity contribution in [2.24, 2.45) is 5.92 Å². The van der Waals surface area contributed by atoms with Crippen molar-refractivity contribution in [2.45, 2.75) is 89.7 Å². The predicted molar refractivity (Wildman–Crippen MR) is 124 cm³/mol. The Labute approximate surface area is 178 Å². The van der Waals surface area contributed by atoms with Crippen molar-refractivity contribution in [2.75, 3.05) is 13.1 Å². The summed E-state index contributed by atoms with van der Waals surface area (Å²) >= 11 is -2.09. The summed E-state index contributed by atoms with van der Waals surface area (Å²) < 4.78 is 6.38. The Kier molecular flexibility index (Phi) is 12.1. The molecule has 0 bridgehead atoms. The fraction of sp³-hybridized carbons (Fsp3) is 0.750. The summed E-state index contributed by atoms with van der Waals surface area (Å²) in [5.41, 5.74) is 4.68. The molecule has 28 heavy (non-hydrogen) atoms. The molecule has 1 aliphatic heterocycles. The van der Waals surface area contributed by atoms with Crippen molar-refractivity contribution in [1.29, 1.82) is 0 Å². The Morgan fingerprint density at radius 3 is 2.11 bits per heavy atom. The minimum atomic E-state index is -2.09. The second-order valence-electron chi connectivity index (χ2n) is 8.93. The standard InChI is InChI=1S/C12H17N2O.3C4H9.Sn/c1-10-7-13-8-12(10)14-15-9-11-5-3-2-4-6-11;3*1-3-4-2;/h2-6,10,12-14H,1,7-9H2;3*1,3-4H2,2H3;. The second-order valence-corrected chi connectivity index (χ2v) is 22.9. The fourth-order valence-electron chi connectivity index (χ4n) is 4.78. The van der Waals surface area contributed by atoms with E-state index >= 15 is 0 Å².